The molecule has 44 heavy (non-hydrogen) atoms. The minimum Gasteiger partial charge on any atom is -0.380 e. The molecule has 2 aromatic heterocycles. The van der Waals surface area contributed by atoms with Crippen molar-refractivity contribution in [2.24, 2.45) is 10.8 Å². The fourth-order valence-electron chi connectivity index (χ4n) is 5.62. The first-order chi connectivity index (χ1) is 20.9. The molecule has 1 atom stereocenters. The number of halogens is 2. The van der Waals surface area contributed by atoms with Crippen LogP contribution in [0.5, 0.6) is 0 Å². The highest BCUT2D eigenvalue weighted by molar-refractivity contribution is 7.14. The van der Waals surface area contributed by atoms with Crippen LogP contribution in [0.1, 0.15) is 67.1 Å². The first kappa shape index (κ1) is 31.8. The quantitative estimate of drug-likeness (QED) is 0.215. The minimum atomic E-state index is -2.66. The second-order valence-corrected chi connectivity index (χ2v) is 14.2. The maximum Gasteiger partial charge on any atom is 0.272 e. The number of nitrogens with zero attached hydrogens (tertiary/aromatic N) is 4. The largest absolute Gasteiger partial charge is 0.380 e. The molecule has 2 fully saturated rings. The van der Waals surface area contributed by atoms with Gasteiger partial charge < -0.3 is 19.5 Å². The third-order valence-electron chi connectivity index (χ3n) is 7.85. The van der Waals surface area contributed by atoms with E-state index in [9.17, 15) is 23.6 Å². The van der Waals surface area contributed by atoms with Crippen molar-refractivity contribution in [2.75, 3.05) is 31.6 Å². The maximum atomic E-state index is 13.5. The van der Waals surface area contributed by atoms with Gasteiger partial charge in [-0.15, -0.1) is 11.3 Å². The smallest absolute Gasteiger partial charge is 0.272 e. The monoisotopic (exact) mass is 624 g/mol. The number of amides is 2. The third kappa shape index (κ3) is 7.17. The lowest BCUT2D eigenvalue weighted by Gasteiger charge is -2.38. The van der Waals surface area contributed by atoms with E-state index in [1.807, 2.05) is 43.5 Å². The fourth-order valence-corrected chi connectivity index (χ4v) is 6.37. The van der Waals surface area contributed by atoms with Gasteiger partial charge in [0.05, 0.1) is 40.0 Å². The number of rotatable bonds is 10. The highest BCUT2D eigenvalue weighted by atomic mass is 32.1. The number of alkyl halides is 2. The number of ether oxygens (including phenoxy) is 1. The predicted octanol–water partition coefficient (Wildman–Crippen LogP) is 5.90. The molecule has 0 bridgehead atoms. The zero-order valence-corrected chi connectivity index (χ0v) is 26.3. The summed E-state index contributed by atoms with van der Waals surface area (Å²) >= 11 is 0.742. The highest BCUT2D eigenvalue weighted by Gasteiger charge is 2.34. The maximum absolute atomic E-state index is 13.5. The normalized spacial score (nSPS) is 18.5. The molecule has 1 unspecified atom stereocenters. The predicted molar refractivity (Wildman–Crippen MR) is 165 cm³/mol. The fraction of sp³-hybridized carbons (Fsp3) is 0.500. The van der Waals surface area contributed by atoms with E-state index in [0.717, 1.165) is 55.0 Å². The number of nitriles is 1. The standard InChI is InChI=1S/C32H38F2N6O3S/c1-31(2,3)13-21(14-35)29(42)39-11-5-6-22(39)16-40-24-8-7-20(15-36-17-32(4)18-43-19-32)12-23(24)37-30(40)38-28(41)26-10-9-25(44-26)27(33)34/h7-10,12-13,22,27,36H,5-6,11,15-19H2,1-4H3,(H,37,38,41). The van der Waals surface area contributed by atoms with Crippen molar-refractivity contribution in [1.82, 2.24) is 19.8 Å². The number of hydrogen-bond donors (Lipinski definition) is 2. The SMILES string of the molecule is CC(C)(C)C=C(C#N)C(=O)N1CCCC1Cn1c(NC(=O)c2ccc(C(F)F)s2)nc2cc(CNCC3(C)COC3)ccc21. The van der Waals surface area contributed by atoms with Crippen LogP contribution in [-0.4, -0.2) is 58.6 Å². The van der Waals surface area contributed by atoms with E-state index < -0.39 is 12.3 Å². The number of carbonyl (C=O) groups excluding carboxylic acids is 2. The van der Waals surface area contributed by atoms with Gasteiger partial charge in [0.2, 0.25) is 5.95 Å². The van der Waals surface area contributed by atoms with Crippen LogP contribution in [0, 0.1) is 22.2 Å². The van der Waals surface area contributed by atoms with Gasteiger partial charge in [-0.2, -0.15) is 5.26 Å². The van der Waals surface area contributed by atoms with E-state index in [2.05, 4.69) is 23.6 Å². The number of allylic oxidation sites excluding steroid dienone is 1. The lowest BCUT2D eigenvalue weighted by Crippen LogP contribution is -2.47. The summed E-state index contributed by atoms with van der Waals surface area (Å²) in [6, 6.07) is 10.4. The van der Waals surface area contributed by atoms with Crippen molar-refractivity contribution < 1.29 is 23.1 Å². The van der Waals surface area contributed by atoms with Crippen LogP contribution in [-0.2, 0) is 22.6 Å². The minimum absolute atomic E-state index is 0.111. The Hall–Kier alpha value is -3.66. The molecule has 234 valence electrons. The Balaban J connectivity index is 1.43. The molecule has 2 saturated heterocycles. The Morgan fingerprint density at radius 3 is 2.68 bits per heavy atom. The molecule has 1 aromatic carbocycles. The summed E-state index contributed by atoms with van der Waals surface area (Å²) in [7, 11) is 0. The molecule has 2 aliphatic heterocycles. The second-order valence-electron chi connectivity index (χ2n) is 13.1. The Morgan fingerprint density at radius 2 is 2.05 bits per heavy atom. The third-order valence-corrected chi connectivity index (χ3v) is 8.94. The second kappa shape index (κ2) is 12.8. The Labute approximate surface area is 259 Å². The summed E-state index contributed by atoms with van der Waals surface area (Å²) in [5.74, 6) is -0.571. The highest BCUT2D eigenvalue weighted by Crippen LogP contribution is 2.31. The summed E-state index contributed by atoms with van der Waals surface area (Å²) in [4.78, 5) is 33.1. The van der Waals surface area contributed by atoms with Crippen LogP contribution in [0.15, 0.2) is 42.0 Å². The first-order valence-corrected chi connectivity index (χ1v) is 15.6. The summed E-state index contributed by atoms with van der Waals surface area (Å²) in [6.45, 7) is 11.8. The van der Waals surface area contributed by atoms with Gasteiger partial charge >= 0.3 is 0 Å². The van der Waals surface area contributed by atoms with E-state index in [0.29, 0.717) is 25.2 Å². The molecule has 5 rings (SSSR count). The van der Waals surface area contributed by atoms with Gasteiger partial charge in [-0.05, 0) is 48.1 Å². The van der Waals surface area contributed by atoms with Gasteiger partial charge in [-0.25, -0.2) is 13.8 Å². The van der Waals surface area contributed by atoms with Crippen LogP contribution < -0.4 is 10.6 Å². The topological polar surface area (TPSA) is 112 Å². The van der Waals surface area contributed by atoms with Gasteiger partial charge in [0, 0.05) is 31.6 Å². The molecule has 0 spiro atoms. The van der Waals surface area contributed by atoms with Crippen molar-refractivity contribution in [1.29, 1.82) is 5.26 Å². The molecule has 2 amide bonds. The van der Waals surface area contributed by atoms with E-state index >= 15 is 0 Å². The first-order valence-electron chi connectivity index (χ1n) is 14.8. The number of benzene rings is 1. The zero-order chi connectivity index (χ0) is 31.6. The summed E-state index contributed by atoms with van der Waals surface area (Å²) < 4.78 is 33.6. The lowest BCUT2D eigenvalue weighted by molar-refractivity contribution is -0.127. The van der Waals surface area contributed by atoms with Crippen molar-refractivity contribution in [3.63, 3.8) is 0 Å². The molecule has 0 saturated carbocycles. The van der Waals surface area contributed by atoms with E-state index in [-0.39, 0.29) is 44.1 Å². The Morgan fingerprint density at radius 1 is 1.27 bits per heavy atom. The summed E-state index contributed by atoms with van der Waals surface area (Å²) in [6.07, 6.45) is 0.546. The summed E-state index contributed by atoms with van der Waals surface area (Å²) in [5.41, 5.74) is 2.36. The number of anilines is 1. The zero-order valence-electron chi connectivity index (χ0n) is 25.5. The number of nitrogens with one attached hydrogen (secondary N) is 2. The van der Waals surface area contributed by atoms with Crippen molar-refractivity contribution >= 4 is 40.1 Å². The molecule has 2 aliphatic rings. The molecular weight excluding hydrogens is 586 g/mol. The van der Waals surface area contributed by atoms with E-state index in [1.54, 1.807) is 11.0 Å². The number of hydrogen-bond acceptors (Lipinski definition) is 7. The summed E-state index contributed by atoms with van der Waals surface area (Å²) in [5, 5.41) is 16.1. The average Bonchev–Trinajstić information content (AvgIpc) is 3.69. The molecule has 12 heteroatoms. The average molecular weight is 625 g/mol. The molecule has 9 nitrogen and oxygen atoms in total. The molecule has 2 N–H and O–H groups in total. The van der Waals surface area contributed by atoms with Crippen molar-refractivity contribution in [2.45, 2.75) is 66.1 Å². The number of thiophene rings is 1. The Bertz CT molecular complexity index is 1610. The van der Waals surface area contributed by atoms with Gasteiger partial charge in [-0.1, -0.05) is 39.8 Å². The molecule has 3 aromatic rings. The number of carbonyl (C=O) groups is 2. The molecule has 4 heterocycles. The van der Waals surface area contributed by atoms with Crippen LogP contribution in [0.2, 0.25) is 0 Å². The molecule has 0 aliphatic carbocycles. The van der Waals surface area contributed by atoms with Gasteiger partial charge in [0.15, 0.2) is 0 Å². The van der Waals surface area contributed by atoms with Gasteiger partial charge in [-0.3, -0.25) is 14.9 Å². The van der Waals surface area contributed by atoms with Crippen molar-refractivity contribution in [3.05, 3.63) is 57.3 Å². The van der Waals surface area contributed by atoms with Gasteiger partial charge in [0.25, 0.3) is 18.2 Å². The number of fused-ring (bicyclic) bond motifs is 1. The van der Waals surface area contributed by atoms with Crippen LogP contribution in [0.25, 0.3) is 11.0 Å². The number of imidazole rings is 1. The molecule has 0 radical (unpaired) electrons. The van der Waals surface area contributed by atoms with Gasteiger partial charge in [0.1, 0.15) is 11.6 Å². The number of aromatic nitrogens is 2. The van der Waals surface area contributed by atoms with Crippen LogP contribution in [0.4, 0.5) is 14.7 Å². The lowest BCUT2D eigenvalue weighted by atomic mass is 9.89. The number of likely N-dealkylation sites (tertiary alicyclic amines) is 1. The van der Waals surface area contributed by atoms with Crippen LogP contribution >= 0.6 is 11.3 Å². The van der Waals surface area contributed by atoms with E-state index in [1.165, 1.54) is 12.1 Å². The Kier molecular flexibility index (Phi) is 9.20. The van der Waals surface area contributed by atoms with Crippen molar-refractivity contribution in [3.8, 4) is 6.07 Å². The molecular formula is C32H38F2N6O3S. The van der Waals surface area contributed by atoms with Crippen LogP contribution in [0.3, 0.4) is 0 Å². The van der Waals surface area contributed by atoms with E-state index in [4.69, 9.17) is 9.72 Å².